The van der Waals surface area contributed by atoms with E-state index in [4.69, 9.17) is 26.2 Å². The highest BCUT2D eigenvalue weighted by Crippen LogP contribution is 2.37. The molecule has 0 spiro atoms. The van der Waals surface area contributed by atoms with Crippen LogP contribution in [0.1, 0.15) is 49.5 Å². The molecule has 2 aromatic rings. The van der Waals surface area contributed by atoms with E-state index in [9.17, 15) is 24.9 Å². The summed E-state index contributed by atoms with van der Waals surface area (Å²) in [6.45, 7) is 3.16. The number of hydrogen-bond donors (Lipinski definition) is 5. The maximum absolute atomic E-state index is 11.9. The molecule has 9 nitrogen and oxygen atoms in total. The van der Waals surface area contributed by atoms with E-state index < -0.39 is 41.4 Å². The van der Waals surface area contributed by atoms with Gasteiger partial charge in [-0.15, -0.1) is 11.8 Å². The number of carboxylic acids is 1. The first-order chi connectivity index (χ1) is 17.9. The Morgan fingerprint density at radius 1 is 1.08 bits per heavy atom. The van der Waals surface area contributed by atoms with Crippen molar-refractivity contribution in [1.82, 2.24) is 5.32 Å². The standard InChI is InChI=1S/C27H34ClNO8S/c1-27(2,26(34)35)29-20(30)5-4-12-36-18-9-6-15(7-10-18)13-17-14-16(8-11-19(17)28)24-22(32)21(31)23(33)25(37-24)38-3/h6-11,14,21-25,31-33H,4-5,12-13H2,1-3H3,(H,29,30)(H,34,35)/t21-,22-,23+,24+,25-/m1/s1. The van der Waals surface area contributed by atoms with Crippen LogP contribution in [0.25, 0.3) is 0 Å². The van der Waals surface area contributed by atoms with E-state index in [1.807, 2.05) is 30.3 Å². The van der Waals surface area contributed by atoms with Crippen LogP contribution in [0.2, 0.25) is 5.02 Å². The number of aliphatic carboxylic acids is 1. The van der Waals surface area contributed by atoms with Gasteiger partial charge in [0.15, 0.2) is 0 Å². The molecule has 0 bridgehead atoms. The number of amides is 1. The molecule has 1 heterocycles. The van der Waals surface area contributed by atoms with E-state index in [1.54, 1.807) is 18.4 Å². The molecule has 0 aliphatic carbocycles. The molecule has 1 amide bonds. The molecule has 2 aromatic carbocycles. The fourth-order valence-corrected chi connectivity index (χ4v) is 4.89. The number of nitrogens with one attached hydrogen (secondary N) is 1. The molecule has 0 aromatic heterocycles. The van der Waals surface area contributed by atoms with Crippen molar-refractivity contribution in [3.05, 3.63) is 64.2 Å². The Bertz CT molecular complexity index is 1110. The van der Waals surface area contributed by atoms with Crippen molar-refractivity contribution in [2.24, 2.45) is 0 Å². The molecule has 1 aliphatic rings. The Morgan fingerprint density at radius 3 is 2.39 bits per heavy atom. The minimum Gasteiger partial charge on any atom is -0.494 e. The number of benzene rings is 2. The molecule has 5 atom stereocenters. The lowest BCUT2D eigenvalue weighted by Crippen LogP contribution is -2.52. The number of thioether (sulfide) groups is 1. The van der Waals surface area contributed by atoms with E-state index in [0.29, 0.717) is 35.8 Å². The fraction of sp³-hybridized carbons (Fsp3) is 0.481. The van der Waals surface area contributed by atoms with Gasteiger partial charge in [0.05, 0.1) is 6.61 Å². The van der Waals surface area contributed by atoms with Crippen LogP contribution in [0.15, 0.2) is 42.5 Å². The summed E-state index contributed by atoms with van der Waals surface area (Å²) < 4.78 is 11.6. The lowest BCUT2D eigenvalue weighted by atomic mass is 9.92. The van der Waals surface area contributed by atoms with Crippen LogP contribution in [-0.2, 0) is 20.7 Å². The molecule has 38 heavy (non-hydrogen) atoms. The summed E-state index contributed by atoms with van der Waals surface area (Å²) in [6, 6.07) is 12.7. The highest BCUT2D eigenvalue weighted by molar-refractivity contribution is 7.99. The average molecular weight is 568 g/mol. The molecule has 0 radical (unpaired) electrons. The lowest BCUT2D eigenvalue weighted by Gasteiger charge is -2.40. The van der Waals surface area contributed by atoms with Gasteiger partial charge in [0, 0.05) is 11.4 Å². The second-order valence-corrected chi connectivity index (χ2v) is 11.1. The molecule has 1 saturated heterocycles. The monoisotopic (exact) mass is 567 g/mol. The topological polar surface area (TPSA) is 146 Å². The first kappa shape index (κ1) is 30.2. The summed E-state index contributed by atoms with van der Waals surface area (Å²) >= 11 is 7.70. The zero-order valence-corrected chi connectivity index (χ0v) is 23.0. The molecule has 1 aliphatic heterocycles. The summed E-state index contributed by atoms with van der Waals surface area (Å²) in [5, 5.41) is 43.0. The molecule has 5 N–H and O–H groups in total. The quantitative estimate of drug-likeness (QED) is 0.259. The van der Waals surface area contributed by atoms with Crippen molar-refractivity contribution in [3.8, 4) is 5.75 Å². The third kappa shape index (κ3) is 7.62. The van der Waals surface area contributed by atoms with Gasteiger partial charge in [-0.25, -0.2) is 4.79 Å². The Morgan fingerprint density at radius 2 is 1.76 bits per heavy atom. The summed E-state index contributed by atoms with van der Waals surface area (Å²) in [6.07, 6.45) is -1.76. The van der Waals surface area contributed by atoms with Crippen LogP contribution in [0.4, 0.5) is 0 Å². The van der Waals surface area contributed by atoms with Gasteiger partial charge >= 0.3 is 5.97 Å². The number of aliphatic hydroxyl groups is 3. The first-order valence-electron chi connectivity index (χ1n) is 12.2. The van der Waals surface area contributed by atoms with Crippen LogP contribution in [0.3, 0.4) is 0 Å². The van der Waals surface area contributed by atoms with Gasteiger partial charge in [0.25, 0.3) is 0 Å². The number of carboxylic acid groups (broad SMARTS) is 1. The molecule has 1 fully saturated rings. The number of carbonyl (C=O) groups is 2. The highest BCUT2D eigenvalue weighted by atomic mass is 35.5. The summed E-state index contributed by atoms with van der Waals surface area (Å²) in [5.41, 5.74) is 0.438. The van der Waals surface area contributed by atoms with E-state index in [-0.39, 0.29) is 12.3 Å². The number of rotatable bonds is 11. The minimum atomic E-state index is -1.33. The zero-order chi connectivity index (χ0) is 28.0. The van der Waals surface area contributed by atoms with Gasteiger partial charge in [0.2, 0.25) is 5.91 Å². The van der Waals surface area contributed by atoms with Gasteiger partial charge in [-0.05, 0) is 67.8 Å². The van der Waals surface area contributed by atoms with Crippen LogP contribution in [-0.4, -0.2) is 74.5 Å². The largest absolute Gasteiger partial charge is 0.494 e. The van der Waals surface area contributed by atoms with Crippen molar-refractivity contribution in [3.63, 3.8) is 0 Å². The molecular weight excluding hydrogens is 534 g/mol. The smallest absolute Gasteiger partial charge is 0.328 e. The van der Waals surface area contributed by atoms with Crippen LogP contribution >= 0.6 is 23.4 Å². The Kier molecular flexibility index (Phi) is 10.4. The molecule has 208 valence electrons. The molecule has 11 heteroatoms. The normalized spacial score (nSPS) is 23.6. The third-order valence-corrected chi connectivity index (χ3v) is 7.54. The number of hydrogen-bond acceptors (Lipinski definition) is 8. The van der Waals surface area contributed by atoms with Crippen molar-refractivity contribution in [2.45, 2.75) is 68.5 Å². The van der Waals surface area contributed by atoms with Crippen molar-refractivity contribution >= 4 is 35.2 Å². The van der Waals surface area contributed by atoms with Crippen molar-refractivity contribution in [1.29, 1.82) is 0 Å². The van der Waals surface area contributed by atoms with Crippen LogP contribution < -0.4 is 10.1 Å². The second-order valence-electron chi connectivity index (χ2n) is 9.73. The van der Waals surface area contributed by atoms with E-state index in [2.05, 4.69) is 5.32 Å². The van der Waals surface area contributed by atoms with E-state index in [0.717, 1.165) is 11.1 Å². The Labute approximate surface area is 231 Å². The SMILES string of the molecule is CS[C@H]1O[C@@H](c2ccc(Cl)c(Cc3ccc(OCCCC(=O)NC(C)(C)C(=O)O)cc3)c2)[C@H](O)[C@@H](O)[C@@H]1O. The first-order valence-corrected chi connectivity index (χ1v) is 13.9. The third-order valence-electron chi connectivity index (χ3n) is 6.32. The predicted octanol–water partition coefficient (Wildman–Crippen LogP) is 2.91. The van der Waals surface area contributed by atoms with Gasteiger partial charge < -0.3 is 35.2 Å². The van der Waals surface area contributed by atoms with Crippen LogP contribution in [0, 0.1) is 0 Å². The fourth-order valence-electron chi connectivity index (χ4n) is 4.04. The second kappa shape index (κ2) is 13.1. The molecule has 0 unspecified atom stereocenters. The Balaban J connectivity index is 1.56. The average Bonchev–Trinajstić information content (AvgIpc) is 2.87. The summed E-state index contributed by atoms with van der Waals surface area (Å²) in [5.74, 6) is -0.816. The van der Waals surface area contributed by atoms with Gasteiger partial charge in [-0.1, -0.05) is 35.9 Å². The van der Waals surface area contributed by atoms with Gasteiger partial charge in [-0.2, -0.15) is 0 Å². The summed E-state index contributed by atoms with van der Waals surface area (Å²) in [7, 11) is 0. The number of ether oxygens (including phenoxy) is 2. The predicted molar refractivity (Wildman–Crippen MR) is 144 cm³/mol. The number of carbonyl (C=O) groups excluding carboxylic acids is 1. The minimum absolute atomic E-state index is 0.150. The number of halogens is 1. The highest BCUT2D eigenvalue weighted by Gasteiger charge is 2.44. The molecule has 3 rings (SSSR count). The van der Waals surface area contributed by atoms with Crippen molar-refractivity contribution < 1.29 is 39.5 Å². The zero-order valence-electron chi connectivity index (χ0n) is 21.5. The maximum atomic E-state index is 11.9. The van der Waals surface area contributed by atoms with E-state index in [1.165, 1.54) is 25.6 Å². The maximum Gasteiger partial charge on any atom is 0.328 e. The molecule has 0 saturated carbocycles. The summed E-state index contributed by atoms with van der Waals surface area (Å²) in [4.78, 5) is 23.0. The number of aliphatic hydroxyl groups excluding tert-OH is 3. The van der Waals surface area contributed by atoms with E-state index >= 15 is 0 Å². The lowest BCUT2D eigenvalue weighted by molar-refractivity contribution is -0.200. The molecular formula is C27H34ClNO8S. The van der Waals surface area contributed by atoms with Gasteiger partial charge in [0.1, 0.15) is 41.1 Å². The van der Waals surface area contributed by atoms with Crippen molar-refractivity contribution in [2.75, 3.05) is 12.9 Å². The van der Waals surface area contributed by atoms with Gasteiger partial charge in [-0.3, -0.25) is 4.79 Å². The Hall–Kier alpha value is -2.34. The van der Waals surface area contributed by atoms with Crippen LogP contribution in [0.5, 0.6) is 5.75 Å².